The Hall–Kier alpha value is -2.06. The Morgan fingerprint density at radius 3 is 2.77 bits per heavy atom. The maximum absolute atomic E-state index is 13.6. The standard InChI is InChI=1S/C18H17F2NO3S2/c19-14-4-5-15(20)13(12-14)3-6-18(22)21-8-7-17(16-2-1-10-25-16)26(23,24)11-9-21/h1-6,10,12,17H,7-9,11H2/b6-3+/t17-/m1/s1. The van der Waals surface area contributed by atoms with Crippen molar-refractivity contribution in [1.29, 1.82) is 0 Å². The number of sulfone groups is 1. The lowest BCUT2D eigenvalue weighted by atomic mass is 10.2. The van der Waals surface area contributed by atoms with Crippen molar-refractivity contribution in [3.8, 4) is 0 Å². The van der Waals surface area contributed by atoms with Crippen molar-refractivity contribution in [2.45, 2.75) is 11.7 Å². The van der Waals surface area contributed by atoms with E-state index in [4.69, 9.17) is 0 Å². The first-order valence-electron chi connectivity index (χ1n) is 8.04. The molecule has 4 nitrogen and oxygen atoms in total. The predicted octanol–water partition coefficient (Wildman–Crippen LogP) is 3.43. The summed E-state index contributed by atoms with van der Waals surface area (Å²) in [6.45, 7) is 0.371. The van der Waals surface area contributed by atoms with Gasteiger partial charge in [-0.05, 0) is 42.1 Å². The molecule has 0 aliphatic carbocycles. The molecule has 0 bridgehead atoms. The van der Waals surface area contributed by atoms with Gasteiger partial charge in [-0.25, -0.2) is 17.2 Å². The molecule has 0 spiro atoms. The van der Waals surface area contributed by atoms with Crippen LogP contribution in [0.4, 0.5) is 8.78 Å². The Balaban J connectivity index is 1.73. The number of hydrogen-bond donors (Lipinski definition) is 0. The van der Waals surface area contributed by atoms with Crippen LogP contribution in [-0.4, -0.2) is 38.1 Å². The van der Waals surface area contributed by atoms with Crippen LogP contribution in [0.25, 0.3) is 6.08 Å². The number of benzene rings is 1. The highest BCUT2D eigenvalue weighted by molar-refractivity contribution is 7.91. The molecule has 1 saturated heterocycles. The van der Waals surface area contributed by atoms with Gasteiger partial charge in [0, 0.05) is 29.6 Å². The van der Waals surface area contributed by atoms with Gasteiger partial charge < -0.3 is 4.90 Å². The molecule has 1 aliphatic rings. The van der Waals surface area contributed by atoms with Crippen molar-refractivity contribution in [1.82, 2.24) is 4.90 Å². The third kappa shape index (κ3) is 4.19. The molecule has 0 radical (unpaired) electrons. The highest BCUT2D eigenvalue weighted by Crippen LogP contribution is 2.32. The summed E-state index contributed by atoms with van der Waals surface area (Å²) < 4.78 is 51.8. The summed E-state index contributed by atoms with van der Waals surface area (Å²) in [5.41, 5.74) is -0.0303. The molecule has 1 aromatic carbocycles. The van der Waals surface area contributed by atoms with Crippen LogP contribution in [0.1, 0.15) is 22.1 Å². The molecule has 0 saturated carbocycles. The Morgan fingerprint density at radius 2 is 2.04 bits per heavy atom. The summed E-state index contributed by atoms with van der Waals surface area (Å²) in [4.78, 5) is 14.6. The summed E-state index contributed by atoms with van der Waals surface area (Å²) in [5.74, 6) is -1.77. The number of rotatable bonds is 3. The molecule has 8 heteroatoms. The second-order valence-corrected chi connectivity index (χ2v) is 9.27. The Bertz CT molecular complexity index is 924. The van der Waals surface area contributed by atoms with Crippen LogP contribution in [0.15, 0.2) is 41.8 Å². The van der Waals surface area contributed by atoms with E-state index < -0.39 is 32.6 Å². The van der Waals surface area contributed by atoms with Crippen LogP contribution in [0.3, 0.4) is 0 Å². The minimum Gasteiger partial charge on any atom is -0.338 e. The van der Waals surface area contributed by atoms with E-state index in [1.165, 1.54) is 22.3 Å². The van der Waals surface area contributed by atoms with Gasteiger partial charge in [0.05, 0.1) is 11.0 Å². The third-order valence-corrected chi connectivity index (χ3v) is 7.52. The number of thiophene rings is 1. The summed E-state index contributed by atoms with van der Waals surface area (Å²) in [6.07, 6.45) is 2.67. The minimum atomic E-state index is -3.35. The number of nitrogens with zero attached hydrogens (tertiary/aromatic N) is 1. The second kappa shape index (κ2) is 7.67. The first kappa shape index (κ1) is 18.7. The van der Waals surface area contributed by atoms with E-state index in [0.717, 1.165) is 29.2 Å². The molecule has 2 heterocycles. The van der Waals surface area contributed by atoms with Gasteiger partial charge in [0.25, 0.3) is 0 Å². The van der Waals surface area contributed by atoms with E-state index in [2.05, 4.69) is 0 Å². The van der Waals surface area contributed by atoms with Gasteiger partial charge in [-0.3, -0.25) is 4.79 Å². The zero-order valence-corrected chi connectivity index (χ0v) is 15.4. The van der Waals surface area contributed by atoms with Gasteiger partial charge in [-0.2, -0.15) is 0 Å². The number of amides is 1. The molecule has 1 atom stereocenters. The average Bonchev–Trinajstić information content (AvgIpc) is 3.06. The molecule has 138 valence electrons. The SMILES string of the molecule is O=C(/C=C/c1cc(F)ccc1F)N1CC[C@H](c2cccs2)S(=O)(=O)CC1. The van der Waals surface area contributed by atoms with Crippen LogP contribution in [-0.2, 0) is 14.6 Å². The van der Waals surface area contributed by atoms with Gasteiger partial charge >= 0.3 is 0 Å². The molecule has 1 aromatic heterocycles. The number of carbonyl (C=O) groups is 1. The van der Waals surface area contributed by atoms with E-state index >= 15 is 0 Å². The van der Waals surface area contributed by atoms with Crippen LogP contribution < -0.4 is 0 Å². The maximum atomic E-state index is 13.6. The fraction of sp³-hybridized carbons (Fsp3) is 0.278. The smallest absolute Gasteiger partial charge is 0.246 e. The molecule has 0 N–H and O–H groups in total. The molecule has 1 amide bonds. The van der Waals surface area contributed by atoms with Gasteiger partial charge in [-0.15, -0.1) is 11.3 Å². The highest BCUT2D eigenvalue weighted by Gasteiger charge is 2.32. The molecule has 26 heavy (non-hydrogen) atoms. The van der Waals surface area contributed by atoms with E-state index in [1.807, 2.05) is 5.38 Å². The number of hydrogen-bond acceptors (Lipinski definition) is 4. The number of halogens is 2. The van der Waals surface area contributed by atoms with E-state index in [0.29, 0.717) is 6.42 Å². The molecular weight excluding hydrogens is 380 g/mol. The molecule has 2 aromatic rings. The minimum absolute atomic E-state index is 0.0303. The number of carbonyl (C=O) groups excluding carboxylic acids is 1. The van der Waals surface area contributed by atoms with Gasteiger partial charge in [-0.1, -0.05) is 6.07 Å². The maximum Gasteiger partial charge on any atom is 0.246 e. The zero-order chi connectivity index (χ0) is 18.7. The zero-order valence-electron chi connectivity index (χ0n) is 13.8. The largest absolute Gasteiger partial charge is 0.338 e. The molecular formula is C18H17F2NO3S2. The van der Waals surface area contributed by atoms with Crippen molar-refractivity contribution in [2.24, 2.45) is 0 Å². The molecule has 1 aliphatic heterocycles. The van der Waals surface area contributed by atoms with Gasteiger partial charge in [0.2, 0.25) is 5.91 Å². The lowest BCUT2D eigenvalue weighted by molar-refractivity contribution is -0.125. The van der Waals surface area contributed by atoms with Gasteiger partial charge in [0.1, 0.15) is 11.6 Å². The highest BCUT2D eigenvalue weighted by atomic mass is 32.2. The first-order chi connectivity index (χ1) is 12.4. The first-order valence-corrected chi connectivity index (χ1v) is 10.6. The van der Waals surface area contributed by atoms with Crippen molar-refractivity contribution in [3.05, 3.63) is 63.9 Å². The van der Waals surface area contributed by atoms with E-state index in [1.54, 1.807) is 12.1 Å². The van der Waals surface area contributed by atoms with Crippen molar-refractivity contribution in [2.75, 3.05) is 18.8 Å². The van der Waals surface area contributed by atoms with Crippen LogP contribution in [0.2, 0.25) is 0 Å². The third-order valence-electron chi connectivity index (χ3n) is 4.28. The van der Waals surface area contributed by atoms with Crippen LogP contribution in [0, 0.1) is 11.6 Å². The normalized spacial score (nSPS) is 20.2. The monoisotopic (exact) mass is 397 g/mol. The topological polar surface area (TPSA) is 54.5 Å². The summed E-state index contributed by atoms with van der Waals surface area (Å²) in [7, 11) is -3.35. The van der Waals surface area contributed by atoms with Crippen molar-refractivity contribution < 1.29 is 22.0 Å². The average molecular weight is 397 g/mol. The van der Waals surface area contributed by atoms with Crippen LogP contribution in [0.5, 0.6) is 0 Å². The van der Waals surface area contributed by atoms with Gasteiger partial charge in [0.15, 0.2) is 9.84 Å². The molecule has 3 rings (SSSR count). The Morgan fingerprint density at radius 1 is 1.23 bits per heavy atom. The second-order valence-electron chi connectivity index (χ2n) is 5.98. The summed E-state index contributed by atoms with van der Waals surface area (Å²) in [6, 6.07) is 6.58. The fourth-order valence-electron chi connectivity index (χ4n) is 2.87. The molecule has 1 fully saturated rings. The lowest BCUT2D eigenvalue weighted by Gasteiger charge is -2.17. The predicted molar refractivity (Wildman–Crippen MR) is 97.4 cm³/mol. The van der Waals surface area contributed by atoms with Crippen molar-refractivity contribution in [3.63, 3.8) is 0 Å². The van der Waals surface area contributed by atoms with E-state index in [9.17, 15) is 22.0 Å². The molecule has 0 unspecified atom stereocenters. The van der Waals surface area contributed by atoms with Crippen LogP contribution >= 0.6 is 11.3 Å². The van der Waals surface area contributed by atoms with E-state index in [-0.39, 0.29) is 24.4 Å². The summed E-state index contributed by atoms with van der Waals surface area (Å²) in [5, 5.41) is 1.22. The fourth-order valence-corrected chi connectivity index (χ4v) is 5.87. The quantitative estimate of drug-likeness (QED) is 0.746. The summed E-state index contributed by atoms with van der Waals surface area (Å²) >= 11 is 1.39. The Kier molecular flexibility index (Phi) is 5.52. The Labute approximate surface area is 154 Å². The van der Waals surface area contributed by atoms with Crippen molar-refractivity contribution >= 4 is 33.2 Å². The lowest BCUT2D eigenvalue weighted by Crippen LogP contribution is -2.32.